The van der Waals surface area contributed by atoms with Crippen molar-refractivity contribution >= 4 is 5.91 Å². The SMILES string of the molecule is COc1cccc(-c2ccc(C3CN(C(=O)CCn4cnnn4)CCO3)nc2)c1. The van der Waals surface area contributed by atoms with Gasteiger partial charge in [-0.3, -0.25) is 9.78 Å². The monoisotopic (exact) mass is 394 g/mol. The van der Waals surface area contributed by atoms with Gasteiger partial charge in [0.25, 0.3) is 0 Å². The molecule has 0 bridgehead atoms. The lowest BCUT2D eigenvalue weighted by molar-refractivity contribution is -0.139. The molecule has 9 heteroatoms. The van der Waals surface area contributed by atoms with Crippen molar-refractivity contribution in [1.82, 2.24) is 30.1 Å². The Kier molecular flexibility index (Phi) is 5.76. The van der Waals surface area contributed by atoms with E-state index in [1.165, 1.54) is 6.33 Å². The first kappa shape index (κ1) is 19.0. The van der Waals surface area contributed by atoms with E-state index in [0.717, 1.165) is 22.6 Å². The summed E-state index contributed by atoms with van der Waals surface area (Å²) in [4.78, 5) is 18.9. The van der Waals surface area contributed by atoms with Gasteiger partial charge in [-0.25, -0.2) is 4.68 Å². The smallest absolute Gasteiger partial charge is 0.224 e. The standard InChI is InChI=1S/C20H22N6O3/c1-28-17-4-2-3-15(11-17)16-5-6-18(21-12-16)19-13-25(9-10-29-19)20(27)7-8-26-14-22-23-24-26/h2-6,11-12,14,19H,7-10,13H2,1H3. The van der Waals surface area contributed by atoms with Gasteiger partial charge in [0.05, 0.1) is 32.5 Å². The molecular weight excluding hydrogens is 372 g/mol. The van der Waals surface area contributed by atoms with Crippen LogP contribution in [0.25, 0.3) is 11.1 Å². The van der Waals surface area contributed by atoms with Gasteiger partial charge >= 0.3 is 0 Å². The number of aryl methyl sites for hydroxylation is 1. The summed E-state index contributed by atoms with van der Waals surface area (Å²) in [6.45, 7) is 2.01. The molecule has 1 saturated heterocycles. The van der Waals surface area contributed by atoms with Gasteiger partial charge in [-0.05, 0) is 34.2 Å². The van der Waals surface area contributed by atoms with Crippen LogP contribution in [-0.2, 0) is 16.1 Å². The number of benzene rings is 1. The van der Waals surface area contributed by atoms with Crippen molar-refractivity contribution in [1.29, 1.82) is 0 Å². The van der Waals surface area contributed by atoms with E-state index in [0.29, 0.717) is 32.7 Å². The molecule has 29 heavy (non-hydrogen) atoms. The van der Waals surface area contributed by atoms with Crippen LogP contribution in [0.5, 0.6) is 5.75 Å². The third-order valence-corrected chi connectivity index (χ3v) is 4.88. The lowest BCUT2D eigenvalue weighted by Crippen LogP contribution is -2.42. The molecule has 1 aliphatic heterocycles. The van der Waals surface area contributed by atoms with Crippen molar-refractivity contribution in [3.8, 4) is 16.9 Å². The van der Waals surface area contributed by atoms with Gasteiger partial charge in [0.1, 0.15) is 18.2 Å². The van der Waals surface area contributed by atoms with Gasteiger partial charge in [-0.15, -0.1) is 5.10 Å². The average Bonchev–Trinajstić information content (AvgIpc) is 3.31. The van der Waals surface area contributed by atoms with E-state index in [4.69, 9.17) is 9.47 Å². The summed E-state index contributed by atoms with van der Waals surface area (Å²) in [5, 5.41) is 10.9. The van der Waals surface area contributed by atoms with Crippen LogP contribution in [0.3, 0.4) is 0 Å². The maximum absolute atomic E-state index is 12.5. The minimum Gasteiger partial charge on any atom is -0.497 e. The molecule has 2 aromatic heterocycles. The number of tetrazole rings is 1. The maximum atomic E-state index is 12.5. The van der Waals surface area contributed by atoms with E-state index in [2.05, 4.69) is 20.5 Å². The van der Waals surface area contributed by atoms with E-state index in [1.807, 2.05) is 47.5 Å². The van der Waals surface area contributed by atoms with Crippen LogP contribution in [0.4, 0.5) is 0 Å². The highest BCUT2D eigenvalue weighted by atomic mass is 16.5. The van der Waals surface area contributed by atoms with Gasteiger partial charge in [-0.1, -0.05) is 18.2 Å². The third-order valence-electron chi connectivity index (χ3n) is 4.88. The second-order valence-electron chi connectivity index (χ2n) is 6.73. The number of carbonyl (C=O) groups is 1. The molecular formula is C20H22N6O3. The Balaban J connectivity index is 1.39. The molecule has 150 valence electrons. The Hall–Kier alpha value is -3.33. The first-order valence-electron chi connectivity index (χ1n) is 9.43. The van der Waals surface area contributed by atoms with Crippen molar-refractivity contribution in [2.45, 2.75) is 19.1 Å². The third kappa shape index (κ3) is 4.57. The lowest BCUT2D eigenvalue weighted by Gasteiger charge is -2.32. The van der Waals surface area contributed by atoms with Crippen molar-refractivity contribution < 1.29 is 14.3 Å². The van der Waals surface area contributed by atoms with E-state index < -0.39 is 0 Å². The number of hydrogen-bond donors (Lipinski definition) is 0. The first-order chi connectivity index (χ1) is 14.2. The molecule has 0 saturated carbocycles. The summed E-state index contributed by atoms with van der Waals surface area (Å²) >= 11 is 0. The molecule has 3 heterocycles. The molecule has 0 N–H and O–H groups in total. The molecule has 1 amide bonds. The molecule has 1 aromatic carbocycles. The lowest BCUT2D eigenvalue weighted by atomic mass is 10.1. The number of aromatic nitrogens is 5. The van der Waals surface area contributed by atoms with Crippen molar-refractivity contribution in [2.75, 3.05) is 26.8 Å². The fourth-order valence-electron chi connectivity index (χ4n) is 3.27. The van der Waals surface area contributed by atoms with Gasteiger partial charge in [0, 0.05) is 24.7 Å². The molecule has 0 spiro atoms. The second-order valence-corrected chi connectivity index (χ2v) is 6.73. The second kappa shape index (κ2) is 8.78. The van der Waals surface area contributed by atoms with E-state index >= 15 is 0 Å². The Morgan fingerprint density at radius 3 is 2.97 bits per heavy atom. The largest absolute Gasteiger partial charge is 0.497 e. The Labute approximate surface area is 168 Å². The average molecular weight is 394 g/mol. The van der Waals surface area contributed by atoms with Crippen LogP contribution in [0, 0.1) is 0 Å². The predicted molar refractivity (Wildman–Crippen MR) is 104 cm³/mol. The number of rotatable bonds is 6. The van der Waals surface area contributed by atoms with E-state index in [-0.39, 0.29) is 12.0 Å². The van der Waals surface area contributed by atoms with Crippen LogP contribution in [-0.4, -0.2) is 62.8 Å². The summed E-state index contributed by atoms with van der Waals surface area (Å²) in [5.41, 5.74) is 2.85. The minimum atomic E-state index is -0.236. The van der Waals surface area contributed by atoms with Gasteiger partial charge in [-0.2, -0.15) is 0 Å². The highest BCUT2D eigenvalue weighted by Gasteiger charge is 2.26. The summed E-state index contributed by atoms with van der Waals surface area (Å²) in [6, 6.07) is 11.8. The molecule has 1 atom stereocenters. The van der Waals surface area contributed by atoms with Crippen LogP contribution < -0.4 is 4.74 Å². The Morgan fingerprint density at radius 1 is 1.28 bits per heavy atom. The summed E-state index contributed by atoms with van der Waals surface area (Å²) in [6.07, 6.45) is 3.44. The summed E-state index contributed by atoms with van der Waals surface area (Å²) in [5.74, 6) is 0.861. The molecule has 0 radical (unpaired) electrons. The molecule has 1 aliphatic rings. The zero-order valence-electron chi connectivity index (χ0n) is 16.1. The van der Waals surface area contributed by atoms with Crippen molar-refractivity contribution in [2.24, 2.45) is 0 Å². The maximum Gasteiger partial charge on any atom is 0.224 e. The Bertz CT molecular complexity index is 945. The fourth-order valence-corrected chi connectivity index (χ4v) is 3.27. The van der Waals surface area contributed by atoms with Gasteiger partial charge in [0.2, 0.25) is 5.91 Å². The van der Waals surface area contributed by atoms with E-state index in [1.54, 1.807) is 11.8 Å². The predicted octanol–water partition coefficient (Wildman–Crippen LogP) is 1.73. The number of carbonyl (C=O) groups excluding carboxylic acids is 1. The highest BCUT2D eigenvalue weighted by molar-refractivity contribution is 5.76. The molecule has 4 rings (SSSR count). The zero-order chi connectivity index (χ0) is 20.1. The Morgan fingerprint density at radius 2 is 2.21 bits per heavy atom. The number of hydrogen-bond acceptors (Lipinski definition) is 7. The molecule has 3 aromatic rings. The van der Waals surface area contributed by atoms with Crippen LogP contribution in [0.15, 0.2) is 48.9 Å². The number of amides is 1. The normalized spacial score (nSPS) is 16.6. The topological polar surface area (TPSA) is 95.3 Å². The fraction of sp³-hybridized carbons (Fsp3) is 0.350. The molecule has 1 unspecified atom stereocenters. The zero-order valence-corrected chi connectivity index (χ0v) is 16.1. The van der Waals surface area contributed by atoms with Gasteiger partial charge < -0.3 is 14.4 Å². The molecule has 0 aliphatic carbocycles. The highest BCUT2D eigenvalue weighted by Crippen LogP contribution is 2.26. The van der Waals surface area contributed by atoms with Crippen LogP contribution >= 0.6 is 0 Å². The van der Waals surface area contributed by atoms with E-state index in [9.17, 15) is 4.79 Å². The van der Waals surface area contributed by atoms with Crippen LogP contribution in [0.2, 0.25) is 0 Å². The molecule has 1 fully saturated rings. The number of morpholine rings is 1. The van der Waals surface area contributed by atoms with Crippen molar-refractivity contribution in [3.63, 3.8) is 0 Å². The van der Waals surface area contributed by atoms with Crippen molar-refractivity contribution in [3.05, 3.63) is 54.6 Å². The van der Waals surface area contributed by atoms with Gasteiger partial charge in [0.15, 0.2) is 0 Å². The molecule has 9 nitrogen and oxygen atoms in total. The number of nitrogens with zero attached hydrogens (tertiary/aromatic N) is 6. The summed E-state index contributed by atoms with van der Waals surface area (Å²) < 4.78 is 12.7. The number of pyridine rings is 1. The first-order valence-corrected chi connectivity index (χ1v) is 9.43. The number of ether oxygens (including phenoxy) is 2. The quantitative estimate of drug-likeness (QED) is 0.628. The van der Waals surface area contributed by atoms with Crippen LogP contribution in [0.1, 0.15) is 18.2 Å². The number of methoxy groups -OCH3 is 1. The summed E-state index contributed by atoms with van der Waals surface area (Å²) in [7, 11) is 1.65. The minimum absolute atomic E-state index is 0.0572.